The van der Waals surface area contributed by atoms with Crippen molar-refractivity contribution in [2.24, 2.45) is 5.92 Å². The maximum Gasteiger partial charge on any atom is 0.0560 e. The van der Waals surface area contributed by atoms with Crippen LogP contribution in [0.15, 0.2) is 54.6 Å². The van der Waals surface area contributed by atoms with Gasteiger partial charge in [0, 0.05) is 11.6 Å². The van der Waals surface area contributed by atoms with Crippen molar-refractivity contribution in [1.82, 2.24) is 0 Å². The molecule has 0 aromatic heterocycles. The zero-order valence-electron chi connectivity index (χ0n) is 16.0. The van der Waals surface area contributed by atoms with Crippen LogP contribution in [0, 0.1) is 19.8 Å². The van der Waals surface area contributed by atoms with E-state index >= 15 is 0 Å². The minimum Gasteiger partial charge on any atom is -0.377 e. The zero-order valence-corrected chi connectivity index (χ0v) is 16.0. The van der Waals surface area contributed by atoms with Crippen molar-refractivity contribution >= 4 is 16.5 Å². The van der Waals surface area contributed by atoms with Crippen LogP contribution in [0.5, 0.6) is 0 Å². The normalized spacial score (nSPS) is 24.7. The topological polar surface area (TPSA) is 12.0 Å². The average molecular weight is 351 g/mol. The van der Waals surface area contributed by atoms with Crippen molar-refractivity contribution in [3.63, 3.8) is 0 Å². The van der Waals surface area contributed by atoms with Crippen LogP contribution in [0.1, 0.15) is 51.8 Å². The molecule has 3 aliphatic rings. The minimum atomic E-state index is 0.379. The van der Waals surface area contributed by atoms with Gasteiger partial charge in [0.25, 0.3) is 0 Å². The number of benzene rings is 3. The third-order valence-electron chi connectivity index (χ3n) is 7.06. The first kappa shape index (κ1) is 15.5. The lowest BCUT2D eigenvalue weighted by molar-refractivity contribution is 0.427. The highest BCUT2D eigenvalue weighted by Crippen LogP contribution is 2.52. The molecule has 3 aromatic rings. The van der Waals surface area contributed by atoms with Gasteiger partial charge in [-0.25, -0.2) is 0 Å². The predicted molar refractivity (Wildman–Crippen MR) is 114 cm³/mol. The molecule has 3 atom stereocenters. The number of aryl methyl sites for hydroxylation is 4. The van der Waals surface area contributed by atoms with Crippen LogP contribution in [0.4, 0.5) is 5.69 Å². The van der Waals surface area contributed by atoms with Gasteiger partial charge in [0.15, 0.2) is 0 Å². The van der Waals surface area contributed by atoms with Gasteiger partial charge in [-0.05, 0) is 77.6 Å². The first-order valence-electron chi connectivity index (χ1n) is 10.3. The average Bonchev–Trinajstić information content (AvgIpc) is 3.31. The van der Waals surface area contributed by atoms with Gasteiger partial charge in [0.05, 0.1) is 6.04 Å². The van der Waals surface area contributed by atoms with Gasteiger partial charge in [-0.2, -0.15) is 0 Å². The molecule has 2 aliphatic carbocycles. The number of rotatable bonds is 1. The Morgan fingerprint density at radius 3 is 2.67 bits per heavy atom. The minimum absolute atomic E-state index is 0.379. The molecule has 0 radical (unpaired) electrons. The third kappa shape index (κ3) is 2.12. The van der Waals surface area contributed by atoms with Crippen LogP contribution in [0.25, 0.3) is 10.8 Å². The molecule has 1 nitrogen and oxygen atoms in total. The monoisotopic (exact) mass is 351 g/mol. The molecule has 1 N–H and O–H groups in total. The fourth-order valence-corrected chi connectivity index (χ4v) is 5.92. The van der Waals surface area contributed by atoms with Gasteiger partial charge in [-0.3, -0.25) is 0 Å². The van der Waals surface area contributed by atoms with E-state index in [-0.39, 0.29) is 0 Å². The Kier molecular flexibility index (Phi) is 3.15. The Hall–Kier alpha value is -2.54. The van der Waals surface area contributed by atoms with Gasteiger partial charge in [-0.15, -0.1) is 0 Å². The number of allylic oxidation sites excluding steroid dienone is 2. The van der Waals surface area contributed by atoms with E-state index in [1.54, 1.807) is 0 Å². The lowest BCUT2D eigenvalue weighted by Crippen LogP contribution is -2.29. The van der Waals surface area contributed by atoms with Crippen molar-refractivity contribution in [1.29, 1.82) is 0 Å². The summed E-state index contributed by atoms with van der Waals surface area (Å²) in [4.78, 5) is 0. The molecule has 0 unspecified atom stereocenters. The quantitative estimate of drug-likeness (QED) is 0.501. The summed E-state index contributed by atoms with van der Waals surface area (Å²) >= 11 is 0. The lowest BCUT2D eigenvalue weighted by Gasteiger charge is -2.39. The van der Waals surface area contributed by atoms with Gasteiger partial charge in [0.2, 0.25) is 0 Å². The van der Waals surface area contributed by atoms with E-state index in [2.05, 4.69) is 73.8 Å². The van der Waals surface area contributed by atoms with Gasteiger partial charge in [0.1, 0.15) is 0 Å². The molecular weight excluding hydrogens is 326 g/mol. The molecule has 134 valence electrons. The van der Waals surface area contributed by atoms with E-state index in [1.807, 2.05) is 0 Å². The predicted octanol–water partition coefficient (Wildman–Crippen LogP) is 6.38. The highest BCUT2D eigenvalue weighted by atomic mass is 15.0. The molecule has 0 fully saturated rings. The molecule has 0 bridgehead atoms. The summed E-state index contributed by atoms with van der Waals surface area (Å²) in [5.74, 6) is 1.14. The van der Waals surface area contributed by atoms with Crippen LogP contribution in [0.2, 0.25) is 0 Å². The van der Waals surface area contributed by atoms with Crippen LogP contribution in [-0.2, 0) is 12.8 Å². The second-order valence-electron chi connectivity index (χ2n) is 8.68. The summed E-state index contributed by atoms with van der Waals surface area (Å²) < 4.78 is 0. The van der Waals surface area contributed by atoms with Crippen molar-refractivity contribution in [3.8, 4) is 0 Å². The number of anilines is 1. The van der Waals surface area contributed by atoms with Gasteiger partial charge >= 0.3 is 0 Å². The smallest absolute Gasteiger partial charge is 0.0560 e. The molecule has 27 heavy (non-hydrogen) atoms. The van der Waals surface area contributed by atoms with Crippen molar-refractivity contribution in [2.75, 3.05) is 5.32 Å². The second-order valence-corrected chi connectivity index (χ2v) is 8.68. The highest BCUT2D eigenvalue weighted by Gasteiger charge is 2.39. The highest BCUT2D eigenvalue weighted by molar-refractivity contribution is 5.94. The molecule has 0 spiro atoms. The van der Waals surface area contributed by atoms with Crippen LogP contribution in [0.3, 0.4) is 0 Å². The summed E-state index contributed by atoms with van der Waals surface area (Å²) in [7, 11) is 0. The summed E-state index contributed by atoms with van der Waals surface area (Å²) in [5, 5.41) is 7.00. The molecular formula is C26H25N. The van der Waals surface area contributed by atoms with Crippen LogP contribution in [-0.4, -0.2) is 0 Å². The van der Waals surface area contributed by atoms with E-state index in [9.17, 15) is 0 Å². The van der Waals surface area contributed by atoms with E-state index in [4.69, 9.17) is 0 Å². The fraction of sp³-hybridized carbons (Fsp3) is 0.308. The number of hydrogen-bond acceptors (Lipinski definition) is 1. The summed E-state index contributed by atoms with van der Waals surface area (Å²) in [5.41, 5.74) is 10.2. The molecule has 3 aromatic carbocycles. The van der Waals surface area contributed by atoms with Gasteiger partial charge in [-0.1, -0.05) is 60.2 Å². The Bertz CT molecular complexity index is 1110. The maximum atomic E-state index is 3.99. The Labute approximate surface area is 161 Å². The lowest BCUT2D eigenvalue weighted by atomic mass is 9.75. The van der Waals surface area contributed by atoms with Crippen molar-refractivity contribution in [3.05, 3.63) is 88.0 Å². The third-order valence-corrected chi connectivity index (χ3v) is 7.06. The van der Waals surface area contributed by atoms with Crippen LogP contribution >= 0.6 is 0 Å². The number of hydrogen-bond donors (Lipinski definition) is 1. The Morgan fingerprint density at radius 2 is 1.78 bits per heavy atom. The Balaban J connectivity index is 1.56. The van der Waals surface area contributed by atoms with E-state index in [1.165, 1.54) is 62.7 Å². The molecule has 6 rings (SSSR count). The van der Waals surface area contributed by atoms with Crippen LogP contribution < -0.4 is 5.32 Å². The number of nitrogens with one attached hydrogen (secondary N) is 1. The van der Waals surface area contributed by atoms with E-state index < -0.39 is 0 Å². The Morgan fingerprint density at radius 1 is 0.926 bits per heavy atom. The van der Waals surface area contributed by atoms with Crippen molar-refractivity contribution < 1.29 is 0 Å². The standard InChI is InChI=1S/C26H25N/c1-15-13-16(2)25-23(14-15)19-6-4-8-21(19)26(27-25)22-12-11-18-10-9-17-5-3-7-20(22)24(17)18/h3-7,11-14,19,21,26-27H,8-10H2,1-2H3/t19-,21+,26-/m1/s1. The molecule has 0 saturated heterocycles. The molecule has 0 amide bonds. The number of fused-ring (bicyclic) bond motifs is 3. The summed E-state index contributed by atoms with van der Waals surface area (Å²) in [6.07, 6.45) is 8.41. The second kappa shape index (κ2) is 5.48. The van der Waals surface area contributed by atoms with Gasteiger partial charge < -0.3 is 5.32 Å². The molecule has 1 heteroatoms. The van der Waals surface area contributed by atoms with E-state index in [0.29, 0.717) is 17.9 Å². The maximum absolute atomic E-state index is 3.99. The summed E-state index contributed by atoms with van der Waals surface area (Å²) in [6.45, 7) is 4.47. The first-order chi connectivity index (χ1) is 13.2. The van der Waals surface area contributed by atoms with E-state index in [0.717, 1.165) is 6.42 Å². The largest absolute Gasteiger partial charge is 0.377 e. The molecule has 1 heterocycles. The first-order valence-corrected chi connectivity index (χ1v) is 10.3. The SMILES string of the molecule is Cc1cc(C)c2c(c1)[C@@H]1C=CC[C@@H]1[C@H](c1ccc3c4c(cccc14)CC3)N2. The molecule has 0 saturated carbocycles. The summed E-state index contributed by atoms with van der Waals surface area (Å²) in [6, 6.07) is 16.8. The van der Waals surface area contributed by atoms with Crippen molar-refractivity contribution in [2.45, 2.75) is 45.1 Å². The fourth-order valence-electron chi connectivity index (χ4n) is 5.92. The zero-order chi connectivity index (χ0) is 18.1. The molecule has 1 aliphatic heterocycles.